The van der Waals surface area contributed by atoms with Crippen molar-refractivity contribution in [1.82, 2.24) is 9.62 Å². The lowest BCUT2D eigenvalue weighted by molar-refractivity contribution is -0.161. The highest BCUT2D eigenvalue weighted by Crippen LogP contribution is 2.23. The van der Waals surface area contributed by atoms with E-state index in [4.69, 9.17) is 4.74 Å². The van der Waals surface area contributed by atoms with Crippen LogP contribution in [0.1, 0.15) is 45.6 Å². The standard InChI is InChI=1S/C19H28N2O5S/c1-13-8-10-17(11-9-13)27(24,25)20-12-18(22)26-16(4)19(23)21-14(2)6-5-7-15(21)3/h8-11,14-16,20H,5-7,12H2,1-4H3/t14-,15-,16-/m0/s1. The molecular weight excluding hydrogens is 368 g/mol. The highest BCUT2D eigenvalue weighted by molar-refractivity contribution is 7.89. The number of rotatable bonds is 6. The minimum absolute atomic E-state index is 0.0704. The third-order valence-corrected chi connectivity index (χ3v) is 6.26. The largest absolute Gasteiger partial charge is 0.452 e. The number of amides is 1. The van der Waals surface area contributed by atoms with Crippen LogP contribution in [0.5, 0.6) is 0 Å². The van der Waals surface area contributed by atoms with Crippen molar-refractivity contribution in [2.45, 2.75) is 70.0 Å². The fourth-order valence-electron chi connectivity index (χ4n) is 3.31. The lowest BCUT2D eigenvalue weighted by Crippen LogP contribution is -2.51. The molecule has 7 nitrogen and oxygen atoms in total. The second-order valence-electron chi connectivity index (χ2n) is 7.14. The van der Waals surface area contributed by atoms with Crippen molar-refractivity contribution in [3.05, 3.63) is 29.8 Å². The van der Waals surface area contributed by atoms with Crippen LogP contribution in [0, 0.1) is 6.92 Å². The van der Waals surface area contributed by atoms with E-state index in [-0.39, 0.29) is 22.9 Å². The number of nitrogens with one attached hydrogen (secondary N) is 1. The van der Waals surface area contributed by atoms with E-state index in [1.165, 1.54) is 19.1 Å². The maximum atomic E-state index is 12.6. The first-order valence-corrected chi connectivity index (χ1v) is 10.7. The van der Waals surface area contributed by atoms with Gasteiger partial charge in [-0.3, -0.25) is 9.59 Å². The molecule has 1 saturated heterocycles. The molecule has 0 saturated carbocycles. The number of esters is 1. The molecule has 27 heavy (non-hydrogen) atoms. The Morgan fingerprint density at radius 2 is 1.74 bits per heavy atom. The van der Waals surface area contributed by atoms with Gasteiger partial charge in [-0.2, -0.15) is 4.72 Å². The monoisotopic (exact) mass is 396 g/mol. The first-order chi connectivity index (χ1) is 12.6. The highest BCUT2D eigenvalue weighted by Gasteiger charge is 2.33. The molecule has 2 rings (SSSR count). The molecule has 0 bridgehead atoms. The Hall–Kier alpha value is -1.93. The van der Waals surface area contributed by atoms with Gasteiger partial charge in [0.25, 0.3) is 5.91 Å². The van der Waals surface area contributed by atoms with Crippen LogP contribution in [0.2, 0.25) is 0 Å². The molecule has 1 aromatic carbocycles. The Bertz CT molecular complexity index is 766. The van der Waals surface area contributed by atoms with E-state index in [1.54, 1.807) is 17.0 Å². The number of piperidine rings is 1. The quantitative estimate of drug-likeness (QED) is 0.743. The van der Waals surface area contributed by atoms with Crippen molar-refractivity contribution in [2.75, 3.05) is 6.54 Å². The van der Waals surface area contributed by atoms with Crippen LogP contribution in [-0.2, 0) is 24.3 Å². The molecule has 8 heteroatoms. The number of benzene rings is 1. The Labute approximate surface area is 161 Å². The van der Waals surface area contributed by atoms with Crippen LogP contribution in [0.3, 0.4) is 0 Å². The predicted octanol–water partition coefficient (Wildman–Crippen LogP) is 1.99. The summed E-state index contributed by atoms with van der Waals surface area (Å²) in [4.78, 5) is 26.5. The van der Waals surface area contributed by atoms with E-state index in [0.29, 0.717) is 0 Å². The predicted molar refractivity (Wildman–Crippen MR) is 102 cm³/mol. The van der Waals surface area contributed by atoms with Crippen LogP contribution < -0.4 is 4.72 Å². The van der Waals surface area contributed by atoms with Crippen LogP contribution >= 0.6 is 0 Å². The second-order valence-corrected chi connectivity index (χ2v) is 8.91. The van der Waals surface area contributed by atoms with Crippen molar-refractivity contribution in [2.24, 2.45) is 0 Å². The molecule has 0 unspecified atom stereocenters. The summed E-state index contributed by atoms with van der Waals surface area (Å²) in [5.74, 6) is -1.03. The van der Waals surface area contributed by atoms with Crippen LogP contribution in [0.25, 0.3) is 0 Å². The number of aryl methyl sites for hydroxylation is 1. The Morgan fingerprint density at radius 1 is 1.19 bits per heavy atom. The molecule has 0 radical (unpaired) electrons. The maximum absolute atomic E-state index is 12.6. The lowest BCUT2D eigenvalue weighted by Gasteiger charge is -2.40. The number of likely N-dealkylation sites (tertiary alicyclic amines) is 1. The smallest absolute Gasteiger partial charge is 0.321 e. The molecule has 0 aliphatic carbocycles. The zero-order valence-electron chi connectivity index (χ0n) is 16.3. The van der Waals surface area contributed by atoms with Gasteiger partial charge in [0, 0.05) is 12.1 Å². The van der Waals surface area contributed by atoms with Crippen molar-refractivity contribution in [3.63, 3.8) is 0 Å². The molecule has 1 fully saturated rings. The van der Waals surface area contributed by atoms with Gasteiger partial charge in [-0.25, -0.2) is 8.42 Å². The second kappa shape index (κ2) is 8.84. The number of carbonyl (C=O) groups excluding carboxylic acids is 2. The van der Waals surface area contributed by atoms with Crippen LogP contribution in [0.15, 0.2) is 29.2 Å². The van der Waals surface area contributed by atoms with Gasteiger partial charge in [-0.1, -0.05) is 17.7 Å². The average Bonchev–Trinajstić information content (AvgIpc) is 2.60. The minimum Gasteiger partial charge on any atom is -0.452 e. The SMILES string of the molecule is Cc1ccc(S(=O)(=O)NCC(=O)O[C@@H](C)C(=O)N2[C@@H](C)CCC[C@@H]2C)cc1. The minimum atomic E-state index is -3.81. The van der Waals surface area contributed by atoms with Crippen molar-refractivity contribution in [3.8, 4) is 0 Å². The van der Waals surface area contributed by atoms with Crippen molar-refractivity contribution >= 4 is 21.9 Å². The molecule has 1 aliphatic heterocycles. The normalized spacial score (nSPS) is 21.6. The van der Waals surface area contributed by atoms with Crippen molar-refractivity contribution in [1.29, 1.82) is 0 Å². The molecule has 1 heterocycles. The molecule has 1 N–H and O–H groups in total. The van der Waals surface area contributed by atoms with Gasteiger partial charge in [0.15, 0.2) is 6.10 Å². The van der Waals surface area contributed by atoms with Gasteiger partial charge in [0.2, 0.25) is 10.0 Å². The third kappa shape index (κ3) is 5.52. The summed E-state index contributed by atoms with van der Waals surface area (Å²) in [6.07, 6.45) is 1.96. The molecular formula is C19H28N2O5S. The van der Waals surface area contributed by atoms with Gasteiger partial charge in [-0.15, -0.1) is 0 Å². The summed E-state index contributed by atoms with van der Waals surface area (Å²) in [5.41, 5.74) is 0.932. The summed E-state index contributed by atoms with van der Waals surface area (Å²) in [6, 6.07) is 6.48. The molecule has 1 aromatic rings. The first-order valence-electron chi connectivity index (χ1n) is 9.20. The number of nitrogens with zero attached hydrogens (tertiary/aromatic N) is 1. The fourth-order valence-corrected chi connectivity index (χ4v) is 4.28. The van der Waals surface area contributed by atoms with E-state index in [0.717, 1.165) is 24.8 Å². The number of carbonyl (C=O) groups is 2. The molecule has 1 aliphatic rings. The fraction of sp³-hybridized carbons (Fsp3) is 0.579. The van der Waals surface area contributed by atoms with E-state index in [2.05, 4.69) is 4.72 Å². The van der Waals surface area contributed by atoms with Gasteiger partial charge in [0.1, 0.15) is 6.54 Å². The summed E-state index contributed by atoms with van der Waals surface area (Å²) in [6.45, 7) is 6.81. The van der Waals surface area contributed by atoms with E-state index in [1.807, 2.05) is 20.8 Å². The van der Waals surface area contributed by atoms with Gasteiger partial charge in [-0.05, 0) is 59.1 Å². The summed E-state index contributed by atoms with van der Waals surface area (Å²) >= 11 is 0. The molecule has 150 valence electrons. The number of hydrogen-bond donors (Lipinski definition) is 1. The first kappa shape index (κ1) is 21.4. The topological polar surface area (TPSA) is 92.8 Å². The van der Waals surface area contributed by atoms with Gasteiger partial charge < -0.3 is 9.64 Å². The number of sulfonamides is 1. The van der Waals surface area contributed by atoms with Crippen molar-refractivity contribution < 1.29 is 22.7 Å². The Balaban J connectivity index is 1.91. The van der Waals surface area contributed by atoms with Crippen LogP contribution in [-0.4, -0.2) is 49.9 Å². The molecule has 0 spiro atoms. The maximum Gasteiger partial charge on any atom is 0.321 e. The third-order valence-electron chi connectivity index (χ3n) is 4.84. The number of ether oxygens (including phenoxy) is 1. The molecule has 1 amide bonds. The zero-order chi connectivity index (χ0) is 20.2. The van der Waals surface area contributed by atoms with Gasteiger partial charge >= 0.3 is 5.97 Å². The Kier molecular flexibility index (Phi) is 7.00. The highest BCUT2D eigenvalue weighted by atomic mass is 32.2. The average molecular weight is 397 g/mol. The molecule has 3 atom stereocenters. The van der Waals surface area contributed by atoms with E-state index >= 15 is 0 Å². The molecule has 0 aromatic heterocycles. The summed E-state index contributed by atoms with van der Waals surface area (Å²) in [7, 11) is -3.81. The summed E-state index contributed by atoms with van der Waals surface area (Å²) in [5, 5.41) is 0. The van der Waals surface area contributed by atoms with Crippen LogP contribution in [0.4, 0.5) is 0 Å². The van der Waals surface area contributed by atoms with E-state index in [9.17, 15) is 18.0 Å². The Morgan fingerprint density at radius 3 is 2.30 bits per heavy atom. The van der Waals surface area contributed by atoms with E-state index < -0.39 is 28.6 Å². The van der Waals surface area contributed by atoms with Gasteiger partial charge in [0.05, 0.1) is 4.90 Å². The lowest BCUT2D eigenvalue weighted by atomic mass is 9.97. The number of hydrogen-bond acceptors (Lipinski definition) is 5. The zero-order valence-corrected chi connectivity index (χ0v) is 17.1. The summed E-state index contributed by atoms with van der Waals surface area (Å²) < 4.78 is 31.8.